The van der Waals surface area contributed by atoms with Gasteiger partial charge in [-0.2, -0.15) is 0 Å². The standard InChI is InChI=1S/C74H144O6/c1-4-7-10-13-16-19-22-25-28-30-32-34-36-37-39-40-42-44-46-49-52-55-58-61-64-67-73(76)79-70-71(69-78-72(75)66-63-60-57-54-51-48-27-24-21-18-15-12-9-6-3)80-74(77)68-65-62-59-56-53-50-47-45-43-41-38-35-33-31-29-26-23-20-17-14-11-8-5-2/h71H,4-70H2,1-3H3. The van der Waals surface area contributed by atoms with Crippen LogP contribution in [0.2, 0.25) is 0 Å². The Bertz CT molecular complexity index is 1200. The van der Waals surface area contributed by atoms with Gasteiger partial charge in [0.15, 0.2) is 6.10 Å². The van der Waals surface area contributed by atoms with Crippen LogP contribution in [0, 0.1) is 0 Å². The van der Waals surface area contributed by atoms with E-state index in [0.717, 1.165) is 57.8 Å². The molecule has 0 spiro atoms. The first kappa shape index (κ1) is 78.4. The van der Waals surface area contributed by atoms with Crippen LogP contribution in [0.5, 0.6) is 0 Å². The Labute approximate surface area is 501 Å². The molecular formula is C74H144O6. The number of unbranched alkanes of at least 4 members (excludes halogenated alkanes) is 59. The first-order valence-corrected chi connectivity index (χ1v) is 37.0. The summed E-state index contributed by atoms with van der Waals surface area (Å²) in [7, 11) is 0. The Morgan fingerprint density at radius 2 is 0.338 bits per heavy atom. The molecule has 0 heterocycles. The number of hydrogen-bond acceptors (Lipinski definition) is 6. The summed E-state index contributed by atoms with van der Waals surface area (Å²) in [6, 6.07) is 0. The van der Waals surface area contributed by atoms with Crippen molar-refractivity contribution in [1.29, 1.82) is 0 Å². The molecule has 6 nitrogen and oxygen atoms in total. The van der Waals surface area contributed by atoms with Crippen LogP contribution in [-0.2, 0) is 28.6 Å². The molecule has 0 saturated heterocycles. The Balaban J connectivity index is 4.19. The van der Waals surface area contributed by atoms with Crippen molar-refractivity contribution >= 4 is 17.9 Å². The van der Waals surface area contributed by atoms with Crippen LogP contribution in [0.25, 0.3) is 0 Å². The average Bonchev–Trinajstić information content (AvgIpc) is 3.46. The van der Waals surface area contributed by atoms with Crippen molar-refractivity contribution in [2.75, 3.05) is 13.2 Å². The molecule has 0 fully saturated rings. The van der Waals surface area contributed by atoms with E-state index in [2.05, 4.69) is 20.8 Å². The molecule has 0 N–H and O–H groups in total. The SMILES string of the molecule is CCCCCCCCCCCCCCCCCCCCCCCCCCCC(=O)OCC(COC(=O)CCCCCCCCCCCCCCCC)OC(=O)CCCCCCCCCCCCCCCCCCCCCCCCC. The Hall–Kier alpha value is -1.59. The van der Waals surface area contributed by atoms with Gasteiger partial charge in [-0.15, -0.1) is 0 Å². The quantitative estimate of drug-likeness (QED) is 0.0343. The second-order valence-corrected chi connectivity index (χ2v) is 25.6. The van der Waals surface area contributed by atoms with E-state index in [1.807, 2.05) is 0 Å². The lowest BCUT2D eigenvalue weighted by Crippen LogP contribution is -2.30. The summed E-state index contributed by atoms with van der Waals surface area (Å²) in [6.45, 7) is 6.75. The highest BCUT2D eigenvalue weighted by Gasteiger charge is 2.20. The average molecular weight is 1130 g/mol. The van der Waals surface area contributed by atoms with Crippen molar-refractivity contribution in [1.82, 2.24) is 0 Å². The summed E-state index contributed by atoms with van der Waals surface area (Å²) in [4.78, 5) is 38.5. The Morgan fingerprint density at radius 3 is 0.500 bits per heavy atom. The fourth-order valence-electron chi connectivity index (χ4n) is 11.8. The molecule has 0 bridgehead atoms. The molecule has 476 valence electrons. The minimum Gasteiger partial charge on any atom is -0.462 e. The number of ether oxygens (including phenoxy) is 3. The third-order valence-electron chi connectivity index (χ3n) is 17.4. The molecule has 0 amide bonds. The molecule has 0 rings (SSSR count). The lowest BCUT2D eigenvalue weighted by Gasteiger charge is -2.18. The van der Waals surface area contributed by atoms with Crippen LogP contribution in [0.3, 0.4) is 0 Å². The van der Waals surface area contributed by atoms with Gasteiger partial charge in [-0.25, -0.2) is 0 Å². The van der Waals surface area contributed by atoms with Gasteiger partial charge < -0.3 is 14.2 Å². The highest BCUT2D eigenvalue weighted by molar-refractivity contribution is 5.71. The first-order valence-electron chi connectivity index (χ1n) is 37.0. The van der Waals surface area contributed by atoms with Crippen LogP contribution in [0.15, 0.2) is 0 Å². The summed E-state index contributed by atoms with van der Waals surface area (Å²) < 4.78 is 17.0. The maximum atomic E-state index is 13.0. The smallest absolute Gasteiger partial charge is 0.306 e. The zero-order chi connectivity index (χ0) is 57.8. The molecule has 0 aromatic carbocycles. The van der Waals surface area contributed by atoms with E-state index in [-0.39, 0.29) is 31.1 Å². The highest BCUT2D eigenvalue weighted by atomic mass is 16.6. The maximum absolute atomic E-state index is 13.0. The predicted molar refractivity (Wildman–Crippen MR) is 349 cm³/mol. The molecular weight excluding hydrogens is 985 g/mol. The van der Waals surface area contributed by atoms with E-state index in [0.29, 0.717) is 19.3 Å². The first-order chi connectivity index (χ1) is 39.5. The lowest BCUT2D eigenvalue weighted by molar-refractivity contribution is -0.167. The molecule has 0 aliphatic heterocycles. The van der Waals surface area contributed by atoms with Crippen molar-refractivity contribution in [3.05, 3.63) is 0 Å². The molecule has 0 radical (unpaired) electrons. The van der Waals surface area contributed by atoms with Gasteiger partial charge in [-0.3, -0.25) is 14.4 Å². The van der Waals surface area contributed by atoms with Crippen LogP contribution >= 0.6 is 0 Å². The summed E-state index contributed by atoms with van der Waals surface area (Å²) in [6.07, 6.45) is 82.9. The topological polar surface area (TPSA) is 78.9 Å². The van der Waals surface area contributed by atoms with E-state index in [1.54, 1.807) is 0 Å². The van der Waals surface area contributed by atoms with Gasteiger partial charge in [-0.05, 0) is 19.3 Å². The minimum absolute atomic E-state index is 0.0600. The third-order valence-corrected chi connectivity index (χ3v) is 17.4. The summed E-state index contributed by atoms with van der Waals surface area (Å²) in [5, 5.41) is 0. The normalized spacial score (nSPS) is 11.9. The fourth-order valence-corrected chi connectivity index (χ4v) is 11.8. The summed E-state index contributed by atoms with van der Waals surface area (Å²) in [5.41, 5.74) is 0. The Morgan fingerprint density at radius 1 is 0.200 bits per heavy atom. The summed E-state index contributed by atoms with van der Waals surface area (Å²) in [5.74, 6) is -0.817. The van der Waals surface area contributed by atoms with Crippen LogP contribution in [0.1, 0.15) is 438 Å². The van der Waals surface area contributed by atoms with E-state index in [4.69, 9.17) is 14.2 Å². The van der Waals surface area contributed by atoms with E-state index < -0.39 is 6.10 Å². The second kappa shape index (κ2) is 69.9. The van der Waals surface area contributed by atoms with Gasteiger partial charge in [0, 0.05) is 19.3 Å². The van der Waals surface area contributed by atoms with E-state index in [9.17, 15) is 14.4 Å². The van der Waals surface area contributed by atoms with Gasteiger partial charge in [0.2, 0.25) is 0 Å². The van der Waals surface area contributed by atoms with Crippen LogP contribution < -0.4 is 0 Å². The Kier molecular flexibility index (Phi) is 68.5. The number of rotatable bonds is 70. The van der Waals surface area contributed by atoms with E-state index >= 15 is 0 Å². The van der Waals surface area contributed by atoms with Gasteiger partial charge >= 0.3 is 17.9 Å². The number of esters is 3. The zero-order valence-corrected chi connectivity index (χ0v) is 54.9. The maximum Gasteiger partial charge on any atom is 0.306 e. The number of hydrogen-bond donors (Lipinski definition) is 0. The lowest BCUT2D eigenvalue weighted by atomic mass is 10.0. The highest BCUT2D eigenvalue weighted by Crippen LogP contribution is 2.20. The molecule has 80 heavy (non-hydrogen) atoms. The predicted octanol–water partition coefficient (Wildman–Crippen LogP) is 25.4. The third kappa shape index (κ3) is 67.2. The van der Waals surface area contributed by atoms with Gasteiger partial charge in [0.05, 0.1) is 0 Å². The fraction of sp³-hybridized carbons (Fsp3) is 0.959. The van der Waals surface area contributed by atoms with Crippen molar-refractivity contribution in [2.24, 2.45) is 0 Å². The van der Waals surface area contributed by atoms with Gasteiger partial charge in [-0.1, -0.05) is 400 Å². The molecule has 0 aliphatic carbocycles. The van der Waals surface area contributed by atoms with Gasteiger partial charge in [0.25, 0.3) is 0 Å². The van der Waals surface area contributed by atoms with Gasteiger partial charge in [0.1, 0.15) is 13.2 Å². The van der Waals surface area contributed by atoms with Crippen molar-refractivity contribution in [3.8, 4) is 0 Å². The molecule has 6 heteroatoms. The second-order valence-electron chi connectivity index (χ2n) is 25.6. The van der Waals surface area contributed by atoms with Crippen molar-refractivity contribution < 1.29 is 28.6 Å². The zero-order valence-electron chi connectivity index (χ0n) is 54.9. The largest absolute Gasteiger partial charge is 0.462 e. The van der Waals surface area contributed by atoms with Crippen molar-refractivity contribution in [2.45, 2.75) is 444 Å². The minimum atomic E-state index is -0.764. The number of carbonyl (C=O) groups is 3. The molecule has 1 unspecified atom stereocenters. The molecule has 1 atom stereocenters. The van der Waals surface area contributed by atoms with Crippen LogP contribution in [-0.4, -0.2) is 37.2 Å². The molecule has 0 saturated carbocycles. The number of carbonyl (C=O) groups excluding carboxylic acids is 3. The van der Waals surface area contributed by atoms with Crippen LogP contribution in [0.4, 0.5) is 0 Å². The molecule has 0 aliphatic rings. The molecule has 0 aromatic rings. The molecule has 0 aromatic heterocycles. The van der Waals surface area contributed by atoms with Crippen molar-refractivity contribution in [3.63, 3.8) is 0 Å². The monoisotopic (exact) mass is 1130 g/mol. The summed E-state index contributed by atoms with van der Waals surface area (Å²) >= 11 is 0. The van der Waals surface area contributed by atoms with E-state index in [1.165, 1.54) is 340 Å².